The second-order valence-corrected chi connectivity index (χ2v) is 5.08. The van der Waals surface area contributed by atoms with E-state index < -0.39 is 23.1 Å². The van der Waals surface area contributed by atoms with Gasteiger partial charge in [-0.2, -0.15) is 4.39 Å². The second kappa shape index (κ2) is 5.75. The first-order chi connectivity index (χ1) is 9.46. The first kappa shape index (κ1) is 14.7. The first-order valence-electron chi connectivity index (χ1n) is 6.39. The van der Waals surface area contributed by atoms with Crippen molar-refractivity contribution < 1.29 is 23.0 Å². The molecule has 1 aliphatic carbocycles. The van der Waals surface area contributed by atoms with E-state index in [2.05, 4.69) is 5.32 Å². The third-order valence-electron chi connectivity index (χ3n) is 3.17. The van der Waals surface area contributed by atoms with Gasteiger partial charge in [-0.15, -0.1) is 0 Å². The minimum atomic E-state index is -1.09. The molecule has 0 saturated heterocycles. The summed E-state index contributed by atoms with van der Waals surface area (Å²) in [5.41, 5.74) is -1.09. The summed E-state index contributed by atoms with van der Waals surface area (Å²) in [4.78, 5) is 11.8. The molecule has 1 aromatic carbocycles. The lowest BCUT2D eigenvalue weighted by Gasteiger charge is -2.28. The Morgan fingerprint density at radius 3 is 2.75 bits per heavy atom. The van der Waals surface area contributed by atoms with Crippen LogP contribution < -0.4 is 10.1 Å². The molecule has 20 heavy (non-hydrogen) atoms. The van der Waals surface area contributed by atoms with Gasteiger partial charge in [-0.1, -0.05) is 6.07 Å². The predicted molar refractivity (Wildman–Crippen MR) is 68.4 cm³/mol. The van der Waals surface area contributed by atoms with Gasteiger partial charge in [0.2, 0.25) is 5.82 Å². The number of esters is 1. The van der Waals surface area contributed by atoms with Gasteiger partial charge in [-0.3, -0.25) is 5.32 Å². The molecule has 1 atom stereocenters. The highest BCUT2D eigenvalue weighted by molar-refractivity contribution is 5.80. The van der Waals surface area contributed by atoms with Crippen molar-refractivity contribution in [1.29, 1.82) is 0 Å². The van der Waals surface area contributed by atoms with Crippen LogP contribution in [0.5, 0.6) is 5.75 Å². The largest absolute Gasteiger partial charge is 0.488 e. The van der Waals surface area contributed by atoms with Crippen molar-refractivity contribution >= 4 is 5.97 Å². The molecule has 0 amide bonds. The van der Waals surface area contributed by atoms with Crippen LogP contribution in [0.1, 0.15) is 19.8 Å². The fourth-order valence-electron chi connectivity index (χ4n) is 1.88. The molecule has 0 bridgehead atoms. The molecule has 0 heterocycles. The number of halogens is 2. The van der Waals surface area contributed by atoms with E-state index in [-0.39, 0.29) is 18.4 Å². The Bertz CT molecular complexity index is 505. The topological polar surface area (TPSA) is 47.6 Å². The van der Waals surface area contributed by atoms with Crippen molar-refractivity contribution in [2.45, 2.75) is 31.3 Å². The molecule has 0 radical (unpaired) electrons. The molecular weight excluding hydrogens is 268 g/mol. The number of hydrogen-bond acceptors (Lipinski definition) is 4. The van der Waals surface area contributed by atoms with E-state index in [1.165, 1.54) is 19.2 Å². The van der Waals surface area contributed by atoms with Crippen molar-refractivity contribution in [3.8, 4) is 5.75 Å². The zero-order valence-electron chi connectivity index (χ0n) is 11.4. The average Bonchev–Trinajstić information content (AvgIpc) is 3.23. The van der Waals surface area contributed by atoms with Crippen LogP contribution in [0.15, 0.2) is 18.2 Å². The van der Waals surface area contributed by atoms with Crippen LogP contribution in [-0.4, -0.2) is 31.3 Å². The summed E-state index contributed by atoms with van der Waals surface area (Å²) < 4.78 is 36.6. The van der Waals surface area contributed by atoms with Crippen LogP contribution in [0, 0.1) is 11.6 Å². The van der Waals surface area contributed by atoms with E-state index in [9.17, 15) is 13.6 Å². The zero-order chi connectivity index (χ0) is 14.8. The van der Waals surface area contributed by atoms with Crippen molar-refractivity contribution in [3.63, 3.8) is 0 Å². The minimum absolute atomic E-state index is 0.142. The minimum Gasteiger partial charge on any atom is -0.488 e. The van der Waals surface area contributed by atoms with Gasteiger partial charge in [0.15, 0.2) is 11.6 Å². The molecule has 1 unspecified atom stereocenters. The van der Waals surface area contributed by atoms with Gasteiger partial charge in [-0.05, 0) is 31.9 Å². The molecule has 1 fully saturated rings. The van der Waals surface area contributed by atoms with Crippen molar-refractivity contribution in [3.05, 3.63) is 29.8 Å². The lowest BCUT2D eigenvalue weighted by Crippen LogP contribution is -2.55. The van der Waals surface area contributed by atoms with Gasteiger partial charge in [0.25, 0.3) is 0 Å². The third-order valence-corrected chi connectivity index (χ3v) is 3.17. The van der Waals surface area contributed by atoms with E-state index >= 15 is 0 Å². The summed E-state index contributed by atoms with van der Waals surface area (Å²) in [7, 11) is 1.28. The van der Waals surface area contributed by atoms with Crippen molar-refractivity contribution in [2.24, 2.45) is 0 Å². The Balaban J connectivity index is 2.08. The molecular formula is C14H17F2NO3. The Hall–Kier alpha value is -1.69. The fraction of sp³-hybridized carbons (Fsp3) is 0.500. The maximum atomic E-state index is 13.5. The molecule has 1 saturated carbocycles. The summed E-state index contributed by atoms with van der Waals surface area (Å²) in [5, 5.41) is 3.11. The Morgan fingerprint density at radius 2 is 2.15 bits per heavy atom. The summed E-state index contributed by atoms with van der Waals surface area (Å²) in [6, 6.07) is 3.90. The highest BCUT2D eigenvalue weighted by atomic mass is 19.2. The number of benzene rings is 1. The molecule has 0 spiro atoms. The Labute approximate surface area is 116 Å². The third kappa shape index (κ3) is 3.25. The maximum Gasteiger partial charge on any atom is 0.329 e. The quantitative estimate of drug-likeness (QED) is 0.812. The summed E-state index contributed by atoms with van der Waals surface area (Å²) in [5.74, 6) is -2.78. The van der Waals surface area contributed by atoms with E-state index in [1.807, 2.05) is 0 Å². The molecule has 1 N–H and O–H groups in total. The molecule has 110 valence electrons. The molecule has 0 aliphatic heterocycles. The van der Waals surface area contributed by atoms with Gasteiger partial charge in [0.05, 0.1) is 7.11 Å². The van der Waals surface area contributed by atoms with E-state index in [0.29, 0.717) is 0 Å². The van der Waals surface area contributed by atoms with E-state index in [0.717, 1.165) is 18.9 Å². The van der Waals surface area contributed by atoms with Crippen LogP contribution >= 0.6 is 0 Å². The van der Waals surface area contributed by atoms with Gasteiger partial charge >= 0.3 is 5.97 Å². The van der Waals surface area contributed by atoms with Crippen molar-refractivity contribution in [1.82, 2.24) is 5.32 Å². The summed E-state index contributed by atoms with van der Waals surface area (Å²) >= 11 is 0. The normalized spacial score (nSPS) is 17.4. The number of hydrogen-bond donors (Lipinski definition) is 1. The van der Waals surface area contributed by atoms with Gasteiger partial charge < -0.3 is 9.47 Å². The average molecular weight is 285 g/mol. The molecule has 1 aliphatic rings. The van der Waals surface area contributed by atoms with Gasteiger partial charge in [0, 0.05) is 6.04 Å². The van der Waals surface area contributed by atoms with Gasteiger partial charge in [0.1, 0.15) is 12.1 Å². The molecule has 1 aromatic rings. The monoisotopic (exact) mass is 285 g/mol. The van der Waals surface area contributed by atoms with E-state index in [1.54, 1.807) is 6.92 Å². The number of rotatable bonds is 6. The number of ether oxygens (including phenoxy) is 2. The Morgan fingerprint density at radius 1 is 1.45 bits per heavy atom. The lowest BCUT2D eigenvalue weighted by atomic mass is 10.0. The number of nitrogens with one attached hydrogen (secondary N) is 1. The van der Waals surface area contributed by atoms with Crippen LogP contribution in [0.2, 0.25) is 0 Å². The number of carbonyl (C=O) groups excluding carboxylic acids is 1. The standard InChI is InChI=1S/C14H17F2NO3/c1-14(13(18)19-2,17-9-6-7-9)8-20-11-5-3-4-10(15)12(11)16/h3-5,9,17H,6-8H2,1-2H3. The number of carbonyl (C=O) groups is 1. The van der Waals surface area contributed by atoms with Crippen LogP contribution in [0.3, 0.4) is 0 Å². The van der Waals surface area contributed by atoms with Crippen LogP contribution in [0.4, 0.5) is 8.78 Å². The molecule has 0 aromatic heterocycles. The number of methoxy groups -OCH3 is 1. The summed E-state index contributed by atoms with van der Waals surface area (Å²) in [6.07, 6.45) is 1.95. The van der Waals surface area contributed by atoms with E-state index in [4.69, 9.17) is 9.47 Å². The van der Waals surface area contributed by atoms with Crippen molar-refractivity contribution in [2.75, 3.05) is 13.7 Å². The molecule has 2 rings (SSSR count). The lowest BCUT2D eigenvalue weighted by molar-refractivity contribution is -0.149. The SMILES string of the molecule is COC(=O)C(C)(COc1cccc(F)c1F)NC1CC1. The van der Waals surface area contributed by atoms with Crippen LogP contribution in [0.25, 0.3) is 0 Å². The highest BCUT2D eigenvalue weighted by Gasteiger charge is 2.40. The predicted octanol–water partition coefficient (Wildman–Crippen LogP) is 2.03. The maximum absolute atomic E-state index is 13.5. The summed E-state index contributed by atoms with van der Waals surface area (Å²) in [6.45, 7) is 1.48. The smallest absolute Gasteiger partial charge is 0.329 e. The Kier molecular flexibility index (Phi) is 4.23. The first-order valence-corrected chi connectivity index (χ1v) is 6.39. The molecule has 4 nitrogen and oxygen atoms in total. The highest BCUT2D eigenvalue weighted by Crippen LogP contribution is 2.25. The van der Waals surface area contributed by atoms with Gasteiger partial charge in [-0.25, -0.2) is 9.18 Å². The fourth-order valence-corrected chi connectivity index (χ4v) is 1.88. The van der Waals surface area contributed by atoms with Crippen LogP contribution in [-0.2, 0) is 9.53 Å². The molecule has 6 heteroatoms. The zero-order valence-corrected chi connectivity index (χ0v) is 11.4. The second-order valence-electron chi connectivity index (χ2n) is 5.08.